The van der Waals surface area contributed by atoms with Crippen LogP contribution in [-0.2, 0) is 7.05 Å². The van der Waals surface area contributed by atoms with Crippen LogP contribution in [-0.4, -0.2) is 32.6 Å². The van der Waals surface area contributed by atoms with Gasteiger partial charge in [-0.1, -0.05) is 0 Å². The minimum Gasteiger partial charge on any atom is -0.373 e. The summed E-state index contributed by atoms with van der Waals surface area (Å²) in [6.07, 6.45) is 1.05. The van der Waals surface area contributed by atoms with Gasteiger partial charge in [0, 0.05) is 26.2 Å². The summed E-state index contributed by atoms with van der Waals surface area (Å²) < 4.78 is 1.49. The van der Waals surface area contributed by atoms with Crippen molar-refractivity contribution < 1.29 is 9.72 Å². The fraction of sp³-hybridized carbons (Fsp3) is 0.250. The molecule has 0 aliphatic carbocycles. The van der Waals surface area contributed by atoms with Gasteiger partial charge in [-0.05, 0) is 6.92 Å². The molecule has 0 spiro atoms. The Morgan fingerprint density at radius 1 is 1.43 bits per heavy atom. The summed E-state index contributed by atoms with van der Waals surface area (Å²) in [6, 6.07) is 3.00. The molecule has 0 bridgehead atoms. The fourth-order valence-electron chi connectivity index (χ4n) is 1.82. The van der Waals surface area contributed by atoms with Crippen LogP contribution in [0.2, 0.25) is 0 Å². The highest BCUT2D eigenvalue weighted by molar-refractivity contribution is 6.07. The highest BCUT2D eigenvalue weighted by Crippen LogP contribution is 2.21. The van der Waals surface area contributed by atoms with Crippen molar-refractivity contribution in [1.82, 2.24) is 14.8 Å². The van der Waals surface area contributed by atoms with Crippen LogP contribution in [0.1, 0.15) is 16.1 Å². The van der Waals surface area contributed by atoms with Gasteiger partial charge < -0.3 is 10.6 Å². The molecule has 2 aromatic heterocycles. The Hall–Kier alpha value is -2.97. The normalized spacial score (nSPS) is 10.2. The lowest BCUT2D eigenvalue weighted by atomic mass is 10.2. The summed E-state index contributed by atoms with van der Waals surface area (Å²) in [5, 5.41) is 20.4. The molecule has 9 nitrogen and oxygen atoms in total. The molecule has 1 amide bonds. The van der Waals surface area contributed by atoms with Crippen molar-refractivity contribution in [2.24, 2.45) is 7.05 Å². The monoisotopic (exact) mass is 290 g/mol. The lowest BCUT2D eigenvalue weighted by Gasteiger charge is -2.07. The van der Waals surface area contributed by atoms with E-state index in [0.29, 0.717) is 11.6 Å². The molecular formula is C12H14N6O3. The molecular weight excluding hydrogens is 276 g/mol. The number of aromatic nitrogens is 3. The number of nitro groups is 1. The highest BCUT2D eigenvalue weighted by atomic mass is 16.6. The Balaban J connectivity index is 2.37. The van der Waals surface area contributed by atoms with Crippen molar-refractivity contribution in [3.63, 3.8) is 0 Å². The van der Waals surface area contributed by atoms with Crippen LogP contribution in [0, 0.1) is 17.0 Å². The van der Waals surface area contributed by atoms with E-state index in [4.69, 9.17) is 0 Å². The predicted molar refractivity (Wildman–Crippen MR) is 76.3 cm³/mol. The van der Waals surface area contributed by atoms with E-state index in [2.05, 4.69) is 20.7 Å². The molecule has 0 atom stereocenters. The maximum absolute atomic E-state index is 12.3. The zero-order valence-electron chi connectivity index (χ0n) is 11.7. The zero-order chi connectivity index (χ0) is 15.6. The SMILES string of the molecule is CNc1cc(C(=O)Nc2cc(C)nn2C)c([N+](=O)[O-])cn1. The number of hydrogen-bond donors (Lipinski definition) is 2. The summed E-state index contributed by atoms with van der Waals surface area (Å²) in [6.45, 7) is 1.78. The molecule has 2 rings (SSSR count). The van der Waals surface area contributed by atoms with Gasteiger partial charge >= 0.3 is 0 Å². The Bertz CT molecular complexity index is 709. The Morgan fingerprint density at radius 3 is 2.67 bits per heavy atom. The number of anilines is 2. The van der Waals surface area contributed by atoms with E-state index in [1.54, 1.807) is 27.1 Å². The Kier molecular flexibility index (Phi) is 3.83. The smallest absolute Gasteiger partial charge is 0.300 e. The molecule has 0 aliphatic heterocycles. The molecule has 0 radical (unpaired) electrons. The molecule has 0 fully saturated rings. The maximum Gasteiger partial charge on any atom is 0.300 e. The van der Waals surface area contributed by atoms with E-state index >= 15 is 0 Å². The van der Waals surface area contributed by atoms with Crippen molar-refractivity contribution in [3.8, 4) is 0 Å². The van der Waals surface area contributed by atoms with Crippen LogP contribution in [0.5, 0.6) is 0 Å². The first kappa shape index (κ1) is 14.4. The van der Waals surface area contributed by atoms with Crippen molar-refractivity contribution in [3.05, 3.63) is 39.7 Å². The van der Waals surface area contributed by atoms with Crippen molar-refractivity contribution in [1.29, 1.82) is 0 Å². The predicted octanol–water partition coefficient (Wildman–Crippen LogP) is 1.33. The first-order chi connectivity index (χ1) is 9.92. The van der Waals surface area contributed by atoms with E-state index in [9.17, 15) is 14.9 Å². The van der Waals surface area contributed by atoms with Crippen molar-refractivity contribution in [2.75, 3.05) is 17.7 Å². The molecule has 0 aliphatic rings. The standard InChI is InChI=1S/C12H14N6O3/c1-7-4-11(17(3)16-7)15-12(19)8-5-10(13-2)14-6-9(8)18(20)21/h4-6H,1-3H3,(H,13,14)(H,15,19). The lowest BCUT2D eigenvalue weighted by molar-refractivity contribution is -0.385. The first-order valence-corrected chi connectivity index (χ1v) is 6.06. The number of nitrogens with one attached hydrogen (secondary N) is 2. The Morgan fingerprint density at radius 2 is 2.14 bits per heavy atom. The van der Waals surface area contributed by atoms with Crippen LogP contribution in [0.3, 0.4) is 0 Å². The summed E-state index contributed by atoms with van der Waals surface area (Å²) in [4.78, 5) is 26.5. The third kappa shape index (κ3) is 2.96. The van der Waals surface area contributed by atoms with E-state index in [-0.39, 0.29) is 11.3 Å². The number of carbonyl (C=O) groups excluding carboxylic acids is 1. The second kappa shape index (κ2) is 5.57. The van der Waals surface area contributed by atoms with Crippen LogP contribution >= 0.6 is 0 Å². The molecule has 0 unspecified atom stereocenters. The molecule has 0 saturated heterocycles. The minimum absolute atomic E-state index is 0.0711. The van der Waals surface area contributed by atoms with Gasteiger partial charge in [0.2, 0.25) is 0 Å². The van der Waals surface area contributed by atoms with E-state index in [1.165, 1.54) is 10.7 Å². The number of pyridine rings is 1. The number of aryl methyl sites for hydroxylation is 2. The third-order valence-corrected chi connectivity index (χ3v) is 2.82. The molecule has 2 heterocycles. The van der Waals surface area contributed by atoms with Crippen molar-refractivity contribution >= 4 is 23.2 Å². The van der Waals surface area contributed by atoms with Crippen LogP contribution in [0.4, 0.5) is 17.3 Å². The number of carbonyl (C=O) groups is 1. The average molecular weight is 290 g/mol. The summed E-state index contributed by atoms with van der Waals surface area (Å²) in [7, 11) is 3.28. The topological polar surface area (TPSA) is 115 Å². The summed E-state index contributed by atoms with van der Waals surface area (Å²) >= 11 is 0. The lowest BCUT2D eigenvalue weighted by Crippen LogP contribution is -2.16. The second-order valence-electron chi connectivity index (χ2n) is 4.34. The van der Waals surface area contributed by atoms with Gasteiger partial charge in [0.15, 0.2) is 0 Å². The largest absolute Gasteiger partial charge is 0.373 e. The van der Waals surface area contributed by atoms with Crippen LogP contribution in [0.25, 0.3) is 0 Å². The highest BCUT2D eigenvalue weighted by Gasteiger charge is 2.22. The summed E-state index contributed by atoms with van der Waals surface area (Å²) in [5.41, 5.74) is 0.302. The maximum atomic E-state index is 12.3. The molecule has 2 aromatic rings. The van der Waals surface area contributed by atoms with E-state index in [0.717, 1.165) is 11.9 Å². The van der Waals surface area contributed by atoms with Gasteiger partial charge in [-0.3, -0.25) is 19.6 Å². The third-order valence-electron chi connectivity index (χ3n) is 2.82. The van der Waals surface area contributed by atoms with E-state index in [1.807, 2.05) is 0 Å². The van der Waals surface area contributed by atoms with Crippen LogP contribution in [0.15, 0.2) is 18.3 Å². The fourth-order valence-corrected chi connectivity index (χ4v) is 1.82. The Labute approximate surface area is 120 Å². The van der Waals surface area contributed by atoms with Gasteiger partial charge in [0.05, 0.1) is 10.6 Å². The molecule has 0 aromatic carbocycles. The average Bonchev–Trinajstić information content (AvgIpc) is 2.75. The molecule has 110 valence electrons. The van der Waals surface area contributed by atoms with Gasteiger partial charge in [-0.2, -0.15) is 5.10 Å². The number of hydrogen-bond acceptors (Lipinski definition) is 6. The van der Waals surface area contributed by atoms with Gasteiger partial charge in [0.25, 0.3) is 11.6 Å². The molecule has 2 N–H and O–H groups in total. The second-order valence-corrected chi connectivity index (χ2v) is 4.34. The zero-order valence-corrected chi connectivity index (χ0v) is 11.7. The first-order valence-electron chi connectivity index (χ1n) is 6.06. The number of nitrogens with zero attached hydrogens (tertiary/aromatic N) is 4. The molecule has 21 heavy (non-hydrogen) atoms. The van der Waals surface area contributed by atoms with Gasteiger partial charge in [-0.25, -0.2) is 4.98 Å². The quantitative estimate of drug-likeness (QED) is 0.648. The number of amides is 1. The molecule has 0 saturated carbocycles. The number of rotatable bonds is 4. The van der Waals surface area contributed by atoms with Crippen molar-refractivity contribution in [2.45, 2.75) is 6.92 Å². The summed E-state index contributed by atoms with van der Waals surface area (Å²) in [5.74, 6) is 0.227. The van der Waals surface area contributed by atoms with E-state index < -0.39 is 10.8 Å². The molecule has 9 heteroatoms. The minimum atomic E-state index is -0.643. The van der Waals surface area contributed by atoms with Gasteiger partial charge in [-0.15, -0.1) is 0 Å². The van der Waals surface area contributed by atoms with Crippen LogP contribution < -0.4 is 10.6 Å². The van der Waals surface area contributed by atoms with Gasteiger partial charge in [0.1, 0.15) is 23.4 Å².